The van der Waals surface area contributed by atoms with Crippen LogP contribution in [0.4, 0.5) is 0 Å². The lowest BCUT2D eigenvalue weighted by Gasteiger charge is -2.22. The number of hydrogen-bond donors (Lipinski definition) is 4. The molecule has 0 aromatic heterocycles. The van der Waals surface area contributed by atoms with Gasteiger partial charge < -0.3 is 20.4 Å². The van der Waals surface area contributed by atoms with Crippen LogP contribution in [0.15, 0.2) is 0 Å². The molecule has 1 fully saturated rings. The van der Waals surface area contributed by atoms with Gasteiger partial charge in [-0.25, -0.2) is 0 Å². The van der Waals surface area contributed by atoms with Crippen LogP contribution in [0.5, 0.6) is 0 Å². The van der Waals surface area contributed by atoms with E-state index >= 15 is 0 Å². The minimum atomic E-state index is -0.793. The maximum Gasteiger partial charge on any atom is 0.306 e. The molecule has 0 atom stereocenters. The summed E-state index contributed by atoms with van der Waals surface area (Å²) >= 11 is 0. The fourth-order valence-electron chi connectivity index (χ4n) is 2.85. The summed E-state index contributed by atoms with van der Waals surface area (Å²) in [5.41, 5.74) is 0. The lowest BCUT2D eigenvalue weighted by Crippen LogP contribution is -2.25. The van der Waals surface area contributed by atoms with Crippen molar-refractivity contribution >= 4 is 23.9 Å². The molecule has 1 aliphatic rings. The van der Waals surface area contributed by atoms with Crippen LogP contribution in [0.2, 0.25) is 0 Å². The second-order valence-electron chi connectivity index (χ2n) is 6.63. The Morgan fingerprint density at radius 3 is 1.04 bits per heavy atom. The predicted molar refractivity (Wildman–Crippen MR) is 92.9 cm³/mol. The molecule has 0 bridgehead atoms. The quantitative estimate of drug-likeness (QED) is 0.403. The SMILES string of the molecule is O=C(O)C1CCC(C(=O)O)CC1.O=C(O)CCCCCCCCC(=O)O. The molecule has 0 unspecified atom stereocenters. The molecular formula is C18H30O8. The van der Waals surface area contributed by atoms with Crippen LogP contribution in [0, 0.1) is 11.8 Å². The molecule has 150 valence electrons. The smallest absolute Gasteiger partial charge is 0.306 e. The summed E-state index contributed by atoms with van der Waals surface area (Å²) in [5.74, 6) is -3.70. The Bertz CT molecular complexity index is 410. The van der Waals surface area contributed by atoms with Crippen molar-refractivity contribution in [3.63, 3.8) is 0 Å². The van der Waals surface area contributed by atoms with Crippen LogP contribution >= 0.6 is 0 Å². The predicted octanol–water partition coefficient (Wildman–Crippen LogP) is 3.24. The zero-order valence-corrected chi connectivity index (χ0v) is 15.1. The van der Waals surface area contributed by atoms with Crippen molar-refractivity contribution in [1.82, 2.24) is 0 Å². The lowest BCUT2D eigenvalue weighted by atomic mass is 9.82. The zero-order chi connectivity index (χ0) is 19.9. The Hall–Kier alpha value is -2.12. The second kappa shape index (κ2) is 14.1. The first-order valence-electron chi connectivity index (χ1n) is 9.13. The maximum atomic E-state index is 10.5. The summed E-state index contributed by atoms with van der Waals surface area (Å²) in [6, 6.07) is 0. The summed E-state index contributed by atoms with van der Waals surface area (Å²) in [4.78, 5) is 41.3. The average Bonchev–Trinajstić information content (AvgIpc) is 2.57. The molecule has 0 amide bonds. The standard InChI is InChI=1S/C10H18O4.C8H12O4/c11-9(12)7-5-3-1-2-4-6-8-10(13)14;9-7(10)5-1-2-6(4-3-5)8(11)12/h1-8H2,(H,11,12)(H,13,14);5-6H,1-4H2,(H,9,10)(H,11,12). The van der Waals surface area contributed by atoms with Gasteiger partial charge in [0.2, 0.25) is 0 Å². The van der Waals surface area contributed by atoms with E-state index in [0.29, 0.717) is 25.7 Å². The molecule has 0 aromatic carbocycles. The van der Waals surface area contributed by atoms with Gasteiger partial charge in [0.15, 0.2) is 0 Å². The van der Waals surface area contributed by atoms with Gasteiger partial charge in [-0.3, -0.25) is 19.2 Å². The van der Waals surface area contributed by atoms with Gasteiger partial charge in [0.1, 0.15) is 0 Å². The molecule has 8 nitrogen and oxygen atoms in total. The highest BCUT2D eigenvalue weighted by Gasteiger charge is 2.29. The highest BCUT2D eigenvalue weighted by Crippen LogP contribution is 2.28. The first-order valence-corrected chi connectivity index (χ1v) is 9.13. The molecule has 8 heteroatoms. The largest absolute Gasteiger partial charge is 0.481 e. The van der Waals surface area contributed by atoms with Gasteiger partial charge in [-0.15, -0.1) is 0 Å². The molecule has 0 heterocycles. The first-order chi connectivity index (χ1) is 12.2. The Labute approximate surface area is 153 Å². The average molecular weight is 374 g/mol. The third kappa shape index (κ3) is 13.2. The van der Waals surface area contributed by atoms with Gasteiger partial charge in [-0.1, -0.05) is 25.7 Å². The van der Waals surface area contributed by atoms with Gasteiger partial charge in [0.25, 0.3) is 0 Å². The molecule has 0 spiro atoms. The third-order valence-corrected chi connectivity index (χ3v) is 4.46. The monoisotopic (exact) mass is 374 g/mol. The molecule has 0 aromatic rings. The number of unbranched alkanes of at least 4 members (excludes halogenated alkanes) is 5. The van der Waals surface area contributed by atoms with Crippen molar-refractivity contribution in [2.75, 3.05) is 0 Å². The second-order valence-corrected chi connectivity index (χ2v) is 6.63. The normalized spacial score (nSPS) is 19.1. The third-order valence-electron chi connectivity index (χ3n) is 4.46. The van der Waals surface area contributed by atoms with Crippen LogP contribution in [-0.2, 0) is 19.2 Å². The van der Waals surface area contributed by atoms with Crippen molar-refractivity contribution in [2.45, 2.75) is 77.0 Å². The summed E-state index contributed by atoms with van der Waals surface area (Å²) in [6.45, 7) is 0. The highest BCUT2D eigenvalue weighted by atomic mass is 16.4. The Balaban J connectivity index is 0.000000485. The molecule has 26 heavy (non-hydrogen) atoms. The summed E-state index contributed by atoms with van der Waals surface area (Å²) in [7, 11) is 0. The van der Waals surface area contributed by atoms with Crippen LogP contribution in [0.1, 0.15) is 77.0 Å². The first kappa shape index (κ1) is 23.9. The van der Waals surface area contributed by atoms with E-state index in [1.54, 1.807) is 0 Å². The van der Waals surface area contributed by atoms with Gasteiger partial charge in [0.05, 0.1) is 11.8 Å². The molecule has 0 radical (unpaired) electrons. The summed E-state index contributed by atoms with van der Waals surface area (Å²) < 4.78 is 0. The van der Waals surface area contributed by atoms with Crippen molar-refractivity contribution in [3.05, 3.63) is 0 Å². The molecule has 1 rings (SSSR count). The van der Waals surface area contributed by atoms with E-state index in [2.05, 4.69) is 0 Å². The number of carbonyl (C=O) groups is 4. The van der Waals surface area contributed by atoms with Crippen LogP contribution in [0.3, 0.4) is 0 Å². The van der Waals surface area contributed by atoms with E-state index in [1.165, 1.54) is 0 Å². The molecular weight excluding hydrogens is 344 g/mol. The number of hydrogen-bond acceptors (Lipinski definition) is 4. The maximum absolute atomic E-state index is 10.5. The number of carboxylic acid groups (broad SMARTS) is 4. The van der Waals surface area contributed by atoms with Gasteiger partial charge in [-0.2, -0.15) is 0 Å². The summed E-state index contributed by atoms with van der Waals surface area (Å²) in [6.07, 6.45) is 7.85. The van der Waals surface area contributed by atoms with Crippen LogP contribution in [0.25, 0.3) is 0 Å². The van der Waals surface area contributed by atoms with E-state index in [1.807, 2.05) is 0 Å². The Morgan fingerprint density at radius 2 is 0.808 bits per heavy atom. The van der Waals surface area contributed by atoms with Crippen LogP contribution < -0.4 is 0 Å². The van der Waals surface area contributed by atoms with Crippen molar-refractivity contribution in [2.24, 2.45) is 11.8 Å². The Morgan fingerprint density at radius 1 is 0.538 bits per heavy atom. The van der Waals surface area contributed by atoms with Gasteiger partial charge in [-0.05, 0) is 38.5 Å². The zero-order valence-electron chi connectivity index (χ0n) is 15.1. The molecule has 1 aliphatic carbocycles. The lowest BCUT2D eigenvalue weighted by molar-refractivity contribution is -0.148. The Kier molecular flexibility index (Phi) is 12.9. The minimum absolute atomic E-state index is 0.245. The van der Waals surface area contributed by atoms with Crippen molar-refractivity contribution in [1.29, 1.82) is 0 Å². The summed E-state index contributed by atoms with van der Waals surface area (Å²) in [5, 5.41) is 33.9. The number of carboxylic acids is 4. The number of rotatable bonds is 11. The van der Waals surface area contributed by atoms with Crippen LogP contribution in [-0.4, -0.2) is 44.3 Å². The van der Waals surface area contributed by atoms with E-state index in [-0.39, 0.29) is 24.7 Å². The van der Waals surface area contributed by atoms with Crippen molar-refractivity contribution < 1.29 is 39.6 Å². The van der Waals surface area contributed by atoms with E-state index in [4.69, 9.17) is 20.4 Å². The highest BCUT2D eigenvalue weighted by molar-refractivity contribution is 5.72. The van der Waals surface area contributed by atoms with Gasteiger partial charge >= 0.3 is 23.9 Å². The molecule has 0 saturated heterocycles. The molecule has 0 aliphatic heterocycles. The van der Waals surface area contributed by atoms with E-state index < -0.39 is 23.9 Å². The van der Waals surface area contributed by atoms with Crippen molar-refractivity contribution in [3.8, 4) is 0 Å². The van der Waals surface area contributed by atoms with E-state index in [0.717, 1.165) is 38.5 Å². The van der Waals surface area contributed by atoms with E-state index in [9.17, 15) is 19.2 Å². The fourth-order valence-corrected chi connectivity index (χ4v) is 2.85. The number of aliphatic carboxylic acids is 4. The fraction of sp³-hybridized carbons (Fsp3) is 0.778. The minimum Gasteiger partial charge on any atom is -0.481 e. The molecule has 1 saturated carbocycles. The molecule has 4 N–H and O–H groups in total. The van der Waals surface area contributed by atoms with Gasteiger partial charge in [0, 0.05) is 12.8 Å². The topological polar surface area (TPSA) is 149 Å².